The predicted molar refractivity (Wildman–Crippen MR) is 214 cm³/mol. The van der Waals surface area contributed by atoms with Crippen molar-refractivity contribution in [3.63, 3.8) is 0 Å². The molecular weight excluding hydrogens is 735 g/mol. The number of hydrogen-bond acceptors (Lipinski definition) is 6. The Morgan fingerprint density at radius 3 is 2.02 bits per heavy atom. The quantitative estimate of drug-likeness (QED) is 0.133. The van der Waals surface area contributed by atoms with Gasteiger partial charge in [-0.1, -0.05) is 56.3 Å². The van der Waals surface area contributed by atoms with Gasteiger partial charge in [-0.05, 0) is 125 Å². The van der Waals surface area contributed by atoms with Gasteiger partial charge in [-0.15, -0.1) is 0 Å². The van der Waals surface area contributed by atoms with Gasteiger partial charge >= 0.3 is 5.97 Å². The number of piperidine rings is 1. The molecule has 2 atom stereocenters. The molecule has 2 fully saturated rings. The summed E-state index contributed by atoms with van der Waals surface area (Å²) in [6.45, 7) is 14.2. The van der Waals surface area contributed by atoms with E-state index in [4.69, 9.17) is 14.2 Å². The first-order valence-electron chi connectivity index (χ1n) is 19.8. The van der Waals surface area contributed by atoms with Gasteiger partial charge in [-0.25, -0.2) is 17.2 Å². The number of sulfonamides is 1. The van der Waals surface area contributed by atoms with Crippen molar-refractivity contribution in [2.24, 2.45) is 5.92 Å². The van der Waals surface area contributed by atoms with Crippen LogP contribution < -0.4 is 0 Å². The van der Waals surface area contributed by atoms with Crippen molar-refractivity contribution >= 4 is 16.0 Å². The molecule has 56 heavy (non-hydrogen) atoms. The fourth-order valence-corrected chi connectivity index (χ4v) is 10.3. The molecule has 0 saturated carbocycles. The Bertz CT molecular complexity index is 2070. The number of hydrogen-bond donors (Lipinski definition) is 0. The molecule has 2 saturated heterocycles. The number of carbonyl (C=O) groups excluding carboxylic acids is 1. The number of halogens is 2. The summed E-state index contributed by atoms with van der Waals surface area (Å²) in [5.74, 6) is -2.09. The van der Waals surface area contributed by atoms with E-state index < -0.39 is 39.1 Å². The number of aromatic nitrogens is 1. The molecule has 0 aliphatic carbocycles. The Hall–Kier alpha value is -3.90. The van der Waals surface area contributed by atoms with Crippen LogP contribution in [0.3, 0.4) is 0 Å². The lowest BCUT2D eigenvalue weighted by Crippen LogP contribution is -2.46. The molecule has 0 unspecified atom stereocenters. The minimum atomic E-state index is -4.10. The lowest BCUT2D eigenvalue weighted by molar-refractivity contribution is -0.301. The van der Waals surface area contributed by atoms with E-state index in [0.717, 1.165) is 19.3 Å². The molecular formula is C45H56F2N2O6S. The maximum absolute atomic E-state index is 15.2. The van der Waals surface area contributed by atoms with Gasteiger partial charge < -0.3 is 18.8 Å². The molecule has 3 aromatic carbocycles. The van der Waals surface area contributed by atoms with Gasteiger partial charge in [0.2, 0.25) is 10.0 Å². The highest BCUT2D eigenvalue weighted by Gasteiger charge is 2.40. The fraction of sp³-hybridized carbons (Fsp3) is 0.489. The van der Waals surface area contributed by atoms with E-state index >= 15 is 8.42 Å². The van der Waals surface area contributed by atoms with Crippen molar-refractivity contribution in [3.8, 4) is 22.4 Å². The highest BCUT2D eigenvalue weighted by atomic mass is 32.2. The Morgan fingerprint density at radius 2 is 1.45 bits per heavy atom. The molecule has 0 bridgehead atoms. The van der Waals surface area contributed by atoms with Gasteiger partial charge in [0.15, 0.2) is 5.79 Å². The van der Waals surface area contributed by atoms with E-state index in [1.807, 2.05) is 71.2 Å². The first-order valence-corrected chi connectivity index (χ1v) is 21.2. The Balaban J connectivity index is 1.41. The van der Waals surface area contributed by atoms with Crippen LogP contribution in [0.25, 0.3) is 22.4 Å². The second-order valence-corrected chi connectivity index (χ2v) is 18.9. The summed E-state index contributed by atoms with van der Waals surface area (Å²) in [6.07, 6.45) is 2.53. The summed E-state index contributed by atoms with van der Waals surface area (Å²) in [7, 11) is -4.10. The van der Waals surface area contributed by atoms with E-state index in [2.05, 4.69) is 12.1 Å². The maximum atomic E-state index is 15.2. The Morgan fingerprint density at radius 1 is 0.875 bits per heavy atom. The third kappa shape index (κ3) is 9.96. The van der Waals surface area contributed by atoms with Crippen LogP contribution in [0.2, 0.25) is 0 Å². The summed E-state index contributed by atoms with van der Waals surface area (Å²) in [5, 5.41) is 0. The van der Waals surface area contributed by atoms with Gasteiger partial charge in [0.25, 0.3) is 0 Å². The van der Waals surface area contributed by atoms with Gasteiger partial charge in [-0.3, -0.25) is 4.79 Å². The van der Waals surface area contributed by atoms with Crippen molar-refractivity contribution in [1.82, 2.24) is 8.87 Å². The molecule has 2 aliphatic heterocycles. The number of rotatable bonds is 12. The monoisotopic (exact) mass is 790 g/mol. The van der Waals surface area contributed by atoms with Crippen LogP contribution in [0, 0.1) is 17.6 Å². The highest BCUT2D eigenvalue weighted by Crippen LogP contribution is 2.46. The van der Waals surface area contributed by atoms with Crippen molar-refractivity contribution in [1.29, 1.82) is 0 Å². The Labute approximate surface area is 331 Å². The van der Waals surface area contributed by atoms with Crippen molar-refractivity contribution < 1.29 is 36.2 Å². The number of nitrogens with zero attached hydrogens (tertiary/aromatic N) is 2. The smallest absolute Gasteiger partial charge is 0.308 e. The topological polar surface area (TPSA) is 87.1 Å². The molecule has 6 rings (SSSR count). The van der Waals surface area contributed by atoms with E-state index in [-0.39, 0.29) is 29.3 Å². The third-order valence-corrected chi connectivity index (χ3v) is 12.5. The van der Waals surface area contributed by atoms with Gasteiger partial charge in [0, 0.05) is 37.3 Å². The summed E-state index contributed by atoms with van der Waals surface area (Å²) < 4.78 is 81.2. The van der Waals surface area contributed by atoms with Crippen molar-refractivity contribution in [2.45, 2.75) is 128 Å². The average molecular weight is 791 g/mol. The largest absolute Gasteiger partial charge is 0.460 e. The van der Waals surface area contributed by atoms with Gasteiger partial charge in [-0.2, -0.15) is 4.31 Å². The standard InChI is InChI=1S/C45H56F2N2O6S/c1-30(2)41-43(56(51,52)48-24-21-32(22-25-48)27-31-11-9-8-10-12-31)40(33-13-17-35(46)18-14-33)42(34-15-19-36(47)20-16-34)49(41)26-23-37-28-38(54-45(6,7)53-37)29-39(50)55-44(3,4)5/h8-20,30,32,37-38H,21-29H2,1-7H3/t37-,38-/m1/s1. The molecule has 1 aromatic heterocycles. The summed E-state index contributed by atoms with van der Waals surface area (Å²) in [5.41, 5.74) is 3.47. The highest BCUT2D eigenvalue weighted by molar-refractivity contribution is 7.89. The van der Waals surface area contributed by atoms with Crippen molar-refractivity contribution in [2.75, 3.05) is 13.1 Å². The molecule has 0 spiro atoms. The van der Waals surface area contributed by atoms with Crippen LogP contribution in [0.1, 0.15) is 97.7 Å². The normalized spacial score (nSPS) is 19.7. The molecule has 0 radical (unpaired) electrons. The SMILES string of the molecule is CC(C)c1c(S(=O)(=O)N2CCC(Cc3ccccc3)CC2)c(-c2ccc(F)cc2)c(-c2ccc(F)cc2)n1CC[C@@H]1C[C@H](CC(=O)OC(C)(C)C)OC(C)(C)O1. The van der Waals surface area contributed by atoms with E-state index in [1.165, 1.54) is 29.8 Å². The number of esters is 1. The zero-order chi connectivity index (χ0) is 40.4. The number of carbonyl (C=O) groups is 1. The summed E-state index contributed by atoms with van der Waals surface area (Å²) in [4.78, 5) is 13.0. The molecule has 2 aliphatic rings. The number of ether oxygens (including phenoxy) is 3. The lowest BCUT2D eigenvalue weighted by Gasteiger charge is -2.41. The predicted octanol–water partition coefficient (Wildman–Crippen LogP) is 9.90. The molecule has 0 amide bonds. The van der Waals surface area contributed by atoms with Crippen LogP contribution in [0.4, 0.5) is 8.78 Å². The molecule has 0 N–H and O–H groups in total. The minimum absolute atomic E-state index is 0.0707. The van der Waals surface area contributed by atoms with E-state index in [1.54, 1.807) is 28.6 Å². The van der Waals surface area contributed by atoms with Gasteiger partial charge in [0.1, 0.15) is 22.1 Å². The zero-order valence-electron chi connectivity index (χ0n) is 33.7. The van der Waals surface area contributed by atoms with Crippen LogP contribution in [0.5, 0.6) is 0 Å². The summed E-state index contributed by atoms with van der Waals surface area (Å²) >= 11 is 0. The zero-order valence-corrected chi connectivity index (χ0v) is 34.5. The molecule has 3 heterocycles. The molecule has 11 heteroatoms. The van der Waals surface area contributed by atoms with Crippen LogP contribution in [-0.4, -0.2) is 59.9 Å². The average Bonchev–Trinajstić information content (AvgIpc) is 3.47. The summed E-state index contributed by atoms with van der Waals surface area (Å²) in [6, 6.07) is 22.2. The maximum Gasteiger partial charge on any atom is 0.308 e. The Kier molecular flexibility index (Phi) is 12.6. The molecule has 4 aromatic rings. The lowest BCUT2D eigenvalue weighted by atomic mass is 9.91. The second kappa shape index (κ2) is 16.9. The second-order valence-electron chi connectivity index (χ2n) is 17.0. The first kappa shape index (κ1) is 41.7. The fourth-order valence-electron chi connectivity index (χ4n) is 8.27. The molecule has 302 valence electrons. The van der Waals surface area contributed by atoms with E-state index in [0.29, 0.717) is 66.5 Å². The van der Waals surface area contributed by atoms with Crippen LogP contribution >= 0.6 is 0 Å². The molecule has 8 nitrogen and oxygen atoms in total. The van der Waals surface area contributed by atoms with Crippen LogP contribution in [-0.2, 0) is 42.0 Å². The minimum Gasteiger partial charge on any atom is -0.460 e. The van der Waals surface area contributed by atoms with Gasteiger partial charge in [0.05, 0.1) is 24.3 Å². The first-order chi connectivity index (χ1) is 26.4. The van der Waals surface area contributed by atoms with E-state index in [9.17, 15) is 13.6 Å². The van der Waals surface area contributed by atoms with Crippen LogP contribution in [0.15, 0.2) is 83.8 Å². The van der Waals surface area contributed by atoms with Crippen molar-refractivity contribution in [3.05, 3.63) is 102 Å². The third-order valence-electron chi connectivity index (χ3n) is 10.5. The number of benzene rings is 3.